The van der Waals surface area contributed by atoms with Crippen molar-refractivity contribution in [2.75, 3.05) is 25.1 Å². The number of carbonyl (C=O) groups is 2. The summed E-state index contributed by atoms with van der Waals surface area (Å²) in [4.78, 5) is 27.0. The summed E-state index contributed by atoms with van der Waals surface area (Å²) in [5.74, 6) is 1.62. The minimum atomic E-state index is -0.826. The molecule has 158 valence electrons. The summed E-state index contributed by atoms with van der Waals surface area (Å²) in [6, 6.07) is 11.2. The summed E-state index contributed by atoms with van der Waals surface area (Å²) in [6.07, 6.45) is -0.0907. The number of amides is 2. The lowest BCUT2D eigenvalue weighted by molar-refractivity contribution is -0.137. The molecule has 0 saturated carbocycles. The maximum atomic E-state index is 12.9. The second-order valence-electron chi connectivity index (χ2n) is 7.30. The monoisotopic (exact) mass is 410 g/mol. The Bertz CT molecular complexity index is 959. The average Bonchev–Trinajstić information content (AvgIpc) is 2.74. The van der Waals surface area contributed by atoms with Crippen LogP contribution >= 0.6 is 0 Å². The Morgan fingerprint density at radius 1 is 1.13 bits per heavy atom. The fraction of sp³-hybridized carbons (Fsp3) is 0.391. The van der Waals surface area contributed by atoms with Gasteiger partial charge in [-0.1, -0.05) is 12.1 Å². The van der Waals surface area contributed by atoms with Crippen LogP contribution in [0.3, 0.4) is 0 Å². The quantitative estimate of drug-likeness (QED) is 0.792. The number of hydrogen-bond acceptors (Lipinski definition) is 5. The number of rotatable bonds is 6. The Kier molecular flexibility index (Phi) is 5.79. The second-order valence-corrected chi connectivity index (χ2v) is 7.30. The number of benzene rings is 2. The summed E-state index contributed by atoms with van der Waals surface area (Å²) in [6.45, 7) is 6.05. The first-order valence-electron chi connectivity index (χ1n) is 10.3. The van der Waals surface area contributed by atoms with E-state index >= 15 is 0 Å². The van der Waals surface area contributed by atoms with Gasteiger partial charge in [-0.15, -0.1) is 0 Å². The Morgan fingerprint density at radius 2 is 1.83 bits per heavy atom. The van der Waals surface area contributed by atoms with E-state index in [0.717, 1.165) is 23.3 Å². The van der Waals surface area contributed by atoms with Crippen LogP contribution in [0.15, 0.2) is 36.4 Å². The molecule has 4 rings (SSSR count). The van der Waals surface area contributed by atoms with Crippen molar-refractivity contribution < 1.29 is 23.8 Å². The van der Waals surface area contributed by atoms with Gasteiger partial charge in [0.1, 0.15) is 5.75 Å². The van der Waals surface area contributed by atoms with Crippen LogP contribution in [0.25, 0.3) is 0 Å². The second kappa shape index (κ2) is 8.65. The van der Waals surface area contributed by atoms with Gasteiger partial charge in [-0.25, -0.2) is 0 Å². The molecule has 0 radical (unpaired) electrons. The van der Waals surface area contributed by atoms with Crippen molar-refractivity contribution in [3.63, 3.8) is 0 Å². The van der Waals surface area contributed by atoms with E-state index in [0.29, 0.717) is 43.5 Å². The summed E-state index contributed by atoms with van der Waals surface area (Å²) in [5.41, 5.74) is 2.83. The third kappa shape index (κ3) is 4.06. The molecule has 2 aliphatic heterocycles. The topological polar surface area (TPSA) is 77.1 Å². The predicted molar refractivity (Wildman–Crippen MR) is 112 cm³/mol. The van der Waals surface area contributed by atoms with E-state index in [-0.39, 0.29) is 18.2 Å². The van der Waals surface area contributed by atoms with Gasteiger partial charge >= 0.3 is 0 Å². The van der Waals surface area contributed by atoms with Crippen molar-refractivity contribution in [1.29, 1.82) is 0 Å². The van der Waals surface area contributed by atoms with Crippen molar-refractivity contribution in [2.45, 2.75) is 39.3 Å². The van der Waals surface area contributed by atoms with Gasteiger partial charge < -0.3 is 24.4 Å². The zero-order chi connectivity index (χ0) is 21.1. The minimum Gasteiger partial charge on any atom is -0.490 e. The smallest absolute Gasteiger partial charge is 0.266 e. The maximum Gasteiger partial charge on any atom is 0.266 e. The molecular weight excluding hydrogens is 384 g/mol. The van der Waals surface area contributed by atoms with Crippen LogP contribution in [0.2, 0.25) is 0 Å². The van der Waals surface area contributed by atoms with Crippen LogP contribution in [0.5, 0.6) is 17.2 Å². The lowest BCUT2D eigenvalue weighted by Crippen LogP contribution is -2.43. The SMILES string of the molecule is CCOc1cc2c(cc1OCC)CN(C(=O)C[C@@H]1Oc3ccccc3NC1=O)CC2. The number of para-hydroxylation sites is 2. The fourth-order valence-electron chi connectivity index (χ4n) is 3.83. The largest absolute Gasteiger partial charge is 0.490 e. The first-order valence-corrected chi connectivity index (χ1v) is 10.3. The minimum absolute atomic E-state index is 0.00481. The molecule has 0 aromatic heterocycles. The van der Waals surface area contributed by atoms with E-state index in [2.05, 4.69) is 5.32 Å². The molecule has 0 bridgehead atoms. The molecule has 0 aliphatic carbocycles. The van der Waals surface area contributed by atoms with Crippen LogP contribution in [0, 0.1) is 0 Å². The molecule has 1 N–H and O–H groups in total. The number of carbonyl (C=O) groups excluding carboxylic acids is 2. The van der Waals surface area contributed by atoms with E-state index in [1.165, 1.54) is 0 Å². The lowest BCUT2D eigenvalue weighted by atomic mass is 9.98. The summed E-state index contributed by atoms with van der Waals surface area (Å²) in [5, 5.41) is 2.81. The van der Waals surface area contributed by atoms with Gasteiger partial charge in [0.25, 0.3) is 5.91 Å². The number of nitrogens with zero attached hydrogens (tertiary/aromatic N) is 1. The van der Waals surface area contributed by atoms with Crippen LogP contribution in [0.4, 0.5) is 5.69 Å². The van der Waals surface area contributed by atoms with Gasteiger partial charge in [0.2, 0.25) is 5.91 Å². The highest BCUT2D eigenvalue weighted by molar-refractivity contribution is 5.99. The molecule has 7 nitrogen and oxygen atoms in total. The Morgan fingerprint density at radius 3 is 2.57 bits per heavy atom. The number of fused-ring (bicyclic) bond motifs is 2. The zero-order valence-electron chi connectivity index (χ0n) is 17.3. The molecule has 2 aromatic rings. The van der Waals surface area contributed by atoms with E-state index < -0.39 is 6.10 Å². The van der Waals surface area contributed by atoms with Crippen LogP contribution in [0.1, 0.15) is 31.4 Å². The highest BCUT2D eigenvalue weighted by atomic mass is 16.5. The number of hydrogen-bond donors (Lipinski definition) is 1. The standard InChI is InChI=1S/C23H26N2O5/c1-3-28-19-11-15-9-10-25(14-16(15)12-20(19)29-4-2)22(26)13-21-23(27)24-17-7-5-6-8-18(17)30-21/h5-8,11-12,21H,3-4,9-10,13-14H2,1-2H3,(H,24,27)/t21-/m0/s1. The number of anilines is 1. The van der Waals surface area contributed by atoms with Crippen LogP contribution in [-0.2, 0) is 22.6 Å². The molecule has 2 amide bonds. The van der Waals surface area contributed by atoms with Crippen LogP contribution in [-0.4, -0.2) is 42.6 Å². The molecule has 2 aliphatic rings. The highest BCUT2D eigenvalue weighted by Crippen LogP contribution is 2.34. The average molecular weight is 410 g/mol. The molecule has 1 atom stereocenters. The predicted octanol–water partition coefficient (Wildman–Crippen LogP) is 3.16. The third-order valence-corrected chi connectivity index (χ3v) is 5.30. The van der Waals surface area contributed by atoms with Crippen molar-refractivity contribution >= 4 is 17.5 Å². The molecule has 0 fully saturated rings. The maximum absolute atomic E-state index is 12.9. The van der Waals surface area contributed by atoms with E-state index in [9.17, 15) is 9.59 Å². The van der Waals surface area contributed by atoms with Gasteiger partial charge in [-0.2, -0.15) is 0 Å². The first kappa shape index (κ1) is 20.1. The number of ether oxygens (including phenoxy) is 3. The zero-order valence-corrected chi connectivity index (χ0v) is 17.3. The highest BCUT2D eigenvalue weighted by Gasteiger charge is 2.32. The molecule has 0 spiro atoms. The molecule has 0 saturated heterocycles. The molecular formula is C23H26N2O5. The van der Waals surface area contributed by atoms with E-state index in [1.807, 2.05) is 38.1 Å². The molecule has 2 aromatic carbocycles. The van der Waals surface area contributed by atoms with Gasteiger partial charge in [-0.3, -0.25) is 9.59 Å². The van der Waals surface area contributed by atoms with Crippen molar-refractivity contribution in [3.8, 4) is 17.2 Å². The molecule has 30 heavy (non-hydrogen) atoms. The molecule has 2 heterocycles. The summed E-state index contributed by atoms with van der Waals surface area (Å²) < 4.78 is 17.2. The Balaban J connectivity index is 1.46. The molecule has 7 heteroatoms. The summed E-state index contributed by atoms with van der Waals surface area (Å²) in [7, 11) is 0. The lowest BCUT2D eigenvalue weighted by Gasteiger charge is -2.32. The van der Waals surface area contributed by atoms with E-state index in [1.54, 1.807) is 17.0 Å². The van der Waals surface area contributed by atoms with Crippen molar-refractivity contribution in [3.05, 3.63) is 47.5 Å². The van der Waals surface area contributed by atoms with E-state index in [4.69, 9.17) is 14.2 Å². The summed E-state index contributed by atoms with van der Waals surface area (Å²) >= 11 is 0. The van der Waals surface area contributed by atoms with Crippen LogP contribution < -0.4 is 19.5 Å². The van der Waals surface area contributed by atoms with Gasteiger partial charge in [0, 0.05) is 13.1 Å². The van der Waals surface area contributed by atoms with Gasteiger partial charge in [0.05, 0.1) is 25.3 Å². The first-order chi connectivity index (χ1) is 14.6. The number of nitrogens with one attached hydrogen (secondary N) is 1. The van der Waals surface area contributed by atoms with Crippen molar-refractivity contribution in [2.24, 2.45) is 0 Å². The van der Waals surface area contributed by atoms with Crippen molar-refractivity contribution in [1.82, 2.24) is 4.90 Å². The Labute approximate surface area is 175 Å². The van der Waals surface area contributed by atoms with Gasteiger partial charge in [-0.05, 0) is 55.7 Å². The molecule has 0 unspecified atom stereocenters. The third-order valence-electron chi connectivity index (χ3n) is 5.30. The van der Waals surface area contributed by atoms with Gasteiger partial charge in [0.15, 0.2) is 17.6 Å². The normalized spacial score (nSPS) is 17.3. The fourth-order valence-corrected chi connectivity index (χ4v) is 3.83. The Hall–Kier alpha value is -3.22.